The molecule has 1 heterocycles. The van der Waals surface area contributed by atoms with Gasteiger partial charge in [-0.15, -0.1) is 0 Å². The van der Waals surface area contributed by atoms with Crippen molar-refractivity contribution in [3.8, 4) is 5.75 Å². The molecular weight excluding hydrogens is 302 g/mol. The van der Waals surface area contributed by atoms with Crippen LogP contribution in [0, 0.1) is 0 Å². The molecule has 0 N–H and O–H groups in total. The third-order valence-corrected chi connectivity index (χ3v) is 4.41. The molecule has 0 aliphatic carbocycles. The molecule has 1 amide bonds. The van der Waals surface area contributed by atoms with Gasteiger partial charge in [0.2, 0.25) is 0 Å². The van der Waals surface area contributed by atoms with E-state index in [1.54, 1.807) is 24.3 Å². The van der Waals surface area contributed by atoms with Crippen molar-refractivity contribution >= 4 is 12.2 Å². The molecule has 2 aromatic carbocycles. The standard InChI is InChI=1S/C20H21NO3/c22-14-17-9-4-5-11-19(17)24-15-20(23)21-12-6-10-18(21)13-16-7-2-1-3-8-16/h1-5,7-9,11,14,18H,6,10,12-13,15H2. The van der Waals surface area contributed by atoms with Gasteiger partial charge in [0, 0.05) is 12.6 Å². The minimum atomic E-state index is -0.0316. The van der Waals surface area contributed by atoms with E-state index in [4.69, 9.17) is 4.74 Å². The molecular formula is C20H21NO3. The average molecular weight is 323 g/mol. The Labute approximate surface area is 142 Å². The molecule has 24 heavy (non-hydrogen) atoms. The molecule has 0 saturated carbocycles. The summed E-state index contributed by atoms with van der Waals surface area (Å²) in [5, 5.41) is 0. The lowest BCUT2D eigenvalue weighted by Crippen LogP contribution is -2.39. The molecule has 1 aliphatic rings. The van der Waals surface area contributed by atoms with E-state index in [1.807, 2.05) is 23.1 Å². The Kier molecular flexibility index (Phi) is 5.26. The van der Waals surface area contributed by atoms with Gasteiger partial charge >= 0.3 is 0 Å². The predicted octanol–water partition coefficient (Wildman–Crippen LogP) is 3.11. The van der Waals surface area contributed by atoms with Crippen LogP contribution in [-0.2, 0) is 11.2 Å². The van der Waals surface area contributed by atoms with Gasteiger partial charge in [0.15, 0.2) is 12.9 Å². The number of carbonyl (C=O) groups excluding carboxylic acids is 2. The minimum absolute atomic E-state index is 0.0193. The smallest absolute Gasteiger partial charge is 0.260 e. The van der Waals surface area contributed by atoms with Gasteiger partial charge in [-0.2, -0.15) is 0 Å². The third-order valence-electron chi connectivity index (χ3n) is 4.41. The van der Waals surface area contributed by atoms with Gasteiger partial charge in [-0.3, -0.25) is 9.59 Å². The van der Waals surface area contributed by atoms with Crippen LogP contribution in [0.3, 0.4) is 0 Å². The van der Waals surface area contributed by atoms with Crippen molar-refractivity contribution in [2.75, 3.05) is 13.2 Å². The number of hydrogen-bond donors (Lipinski definition) is 0. The van der Waals surface area contributed by atoms with Crippen molar-refractivity contribution in [2.24, 2.45) is 0 Å². The maximum absolute atomic E-state index is 12.5. The molecule has 1 atom stereocenters. The van der Waals surface area contributed by atoms with E-state index in [2.05, 4.69) is 12.1 Å². The summed E-state index contributed by atoms with van der Waals surface area (Å²) in [6.45, 7) is 0.741. The number of carbonyl (C=O) groups is 2. The second-order valence-corrected chi connectivity index (χ2v) is 6.02. The van der Waals surface area contributed by atoms with Crippen LogP contribution >= 0.6 is 0 Å². The van der Waals surface area contributed by atoms with E-state index in [1.165, 1.54) is 5.56 Å². The molecule has 0 radical (unpaired) electrons. The highest BCUT2D eigenvalue weighted by Gasteiger charge is 2.28. The molecule has 1 saturated heterocycles. The Bertz CT molecular complexity index is 699. The van der Waals surface area contributed by atoms with Crippen LogP contribution in [0.25, 0.3) is 0 Å². The van der Waals surface area contributed by atoms with E-state index in [0.717, 1.165) is 32.1 Å². The molecule has 1 unspecified atom stereocenters. The van der Waals surface area contributed by atoms with Crippen LogP contribution in [0.5, 0.6) is 5.75 Å². The van der Waals surface area contributed by atoms with Gasteiger partial charge in [-0.05, 0) is 37.0 Å². The van der Waals surface area contributed by atoms with Crippen LogP contribution in [-0.4, -0.2) is 36.3 Å². The van der Waals surface area contributed by atoms with Gasteiger partial charge in [0.25, 0.3) is 5.91 Å². The summed E-state index contributed by atoms with van der Waals surface area (Å²) in [4.78, 5) is 25.5. The minimum Gasteiger partial charge on any atom is -0.483 e. The number of aldehydes is 1. The van der Waals surface area contributed by atoms with Crippen molar-refractivity contribution in [1.29, 1.82) is 0 Å². The molecule has 0 spiro atoms. The van der Waals surface area contributed by atoms with Crippen LogP contribution < -0.4 is 4.74 Å². The highest BCUT2D eigenvalue weighted by molar-refractivity contribution is 5.81. The predicted molar refractivity (Wildman–Crippen MR) is 92.2 cm³/mol. The summed E-state index contributed by atoms with van der Waals surface area (Å²) in [5.41, 5.74) is 1.71. The van der Waals surface area contributed by atoms with Crippen LogP contribution in [0.4, 0.5) is 0 Å². The van der Waals surface area contributed by atoms with Crippen LogP contribution in [0.2, 0.25) is 0 Å². The van der Waals surface area contributed by atoms with E-state index in [0.29, 0.717) is 11.3 Å². The molecule has 1 fully saturated rings. The summed E-state index contributed by atoms with van der Waals surface area (Å²) in [5.74, 6) is 0.439. The Morgan fingerprint density at radius 2 is 1.88 bits per heavy atom. The quantitative estimate of drug-likeness (QED) is 0.767. The summed E-state index contributed by atoms with van der Waals surface area (Å²) in [7, 11) is 0. The van der Waals surface area contributed by atoms with Gasteiger partial charge < -0.3 is 9.64 Å². The highest BCUT2D eigenvalue weighted by atomic mass is 16.5. The van der Waals surface area contributed by atoms with Crippen molar-refractivity contribution in [3.05, 3.63) is 65.7 Å². The van der Waals surface area contributed by atoms with E-state index < -0.39 is 0 Å². The maximum Gasteiger partial charge on any atom is 0.260 e. The molecule has 3 rings (SSSR count). The number of benzene rings is 2. The van der Waals surface area contributed by atoms with Crippen LogP contribution in [0.15, 0.2) is 54.6 Å². The summed E-state index contributed by atoms with van der Waals surface area (Å²) >= 11 is 0. The van der Waals surface area contributed by atoms with Gasteiger partial charge in [-0.25, -0.2) is 0 Å². The lowest BCUT2D eigenvalue weighted by molar-refractivity contribution is -0.134. The lowest BCUT2D eigenvalue weighted by atomic mass is 10.0. The SMILES string of the molecule is O=Cc1ccccc1OCC(=O)N1CCCC1Cc1ccccc1. The fourth-order valence-electron chi connectivity index (χ4n) is 3.19. The first-order valence-electron chi connectivity index (χ1n) is 8.28. The second kappa shape index (κ2) is 7.77. The van der Waals surface area contributed by atoms with Crippen molar-refractivity contribution in [1.82, 2.24) is 4.90 Å². The highest BCUT2D eigenvalue weighted by Crippen LogP contribution is 2.22. The molecule has 2 aromatic rings. The number of nitrogens with zero attached hydrogens (tertiary/aromatic N) is 1. The monoisotopic (exact) mass is 323 g/mol. The summed E-state index contributed by atoms with van der Waals surface area (Å²) in [6.07, 6.45) is 3.66. The number of ether oxygens (including phenoxy) is 1. The number of hydrogen-bond acceptors (Lipinski definition) is 3. The topological polar surface area (TPSA) is 46.6 Å². The van der Waals surface area contributed by atoms with E-state index >= 15 is 0 Å². The zero-order chi connectivity index (χ0) is 16.8. The number of para-hydroxylation sites is 1. The fourth-order valence-corrected chi connectivity index (χ4v) is 3.19. The van der Waals surface area contributed by atoms with Crippen molar-refractivity contribution in [3.63, 3.8) is 0 Å². The van der Waals surface area contributed by atoms with Crippen molar-refractivity contribution in [2.45, 2.75) is 25.3 Å². The number of likely N-dealkylation sites (tertiary alicyclic amines) is 1. The summed E-state index contributed by atoms with van der Waals surface area (Å²) in [6, 6.07) is 17.4. The molecule has 4 heteroatoms. The Morgan fingerprint density at radius 3 is 2.67 bits per heavy atom. The second-order valence-electron chi connectivity index (χ2n) is 6.02. The van der Waals surface area contributed by atoms with Gasteiger partial charge in [-0.1, -0.05) is 42.5 Å². The Hall–Kier alpha value is -2.62. The molecule has 0 aromatic heterocycles. The normalized spacial score (nSPS) is 16.8. The zero-order valence-electron chi connectivity index (χ0n) is 13.6. The molecule has 124 valence electrons. The van der Waals surface area contributed by atoms with Crippen molar-refractivity contribution < 1.29 is 14.3 Å². The Balaban J connectivity index is 1.60. The first kappa shape index (κ1) is 16.2. The van der Waals surface area contributed by atoms with Crippen LogP contribution in [0.1, 0.15) is 28.8 Å². The van der Waals surface area contributed by atoms with E-state index in [9.17, 15) is 9.59 Å². The number of rotatable bonds is 6. The average Bonchev–Trinajstić information content (AvgIpc) is 3.09. The first-order valence-corrected chi connectivity index (χ1v) is 8.28. The zero-order valence-corrected chi connectivity index (χ0v) is 13.6. The van der Waals surface area contributed by atoms with Gasteiger partial charge in [0.1, 0.15) is 5.75 Å². The van der Waals surface area contributed by atoms with Gasteiger partial charge in [0.05, 0.1) is 5.56 Å². The first-order chi connectivity index (χ1) is 11.8. The largest absolute Gasteiger partial charge is 0.483 e. The Morgan fingerprint density at radius 1 is 1.12 bits per heavy atom. The fraction of sp³-hybridized carbons (Fsp3) is 0.300. The van der Waals surface area contributed by atoms with E-state index in [-0.39, 0.29) is 18.6 Å². The lowest BCUT2D eigenvalue weighted by Gasteiger charge is -2.25. The maximum atomic E-state index is 12.5. The number of amides is 1. The molecule has 4 nitrogen and oxygen atoms in total. The molecule has 0 bridgehead atoms. The third kappa shape index (κ3) is 3.82. The molecule has 1 aliphatic heterocycles. The summed E-state index contributed by atoms with van der Waals surface area (Å²) < 4.78 is 5.58.